The lowest BCUT2D eigenvalue weighted by molar-refractivity contribution is 0.211. The third-order valence-electron chi connectivity index (χ3n) is 2.54. The minimum absolute atomic E-state index is 0.669. The van der Waals surface area contributed by atoms with Crippen molar-refractivity contribution >= 4 is 0 Å². The average molecular weight is 198 g/mol. The van der Waals surface area contributed by atoms with Gasteiger partial charge in [-0.3, -0.25) is 4.90 Å². The van der Waals surface area contributed by atoms with Crippen LogP contribution in [0.1, 0.15) is 33.6 Å². The summed E-state index contributed by atoms with van der Waals surface area (Å²) in [6.07, 6.45) is 4.52. The molecule has 0 saturated carbocycles. The van der Waals surface area contributed by atoms with Crippen molar-refractivity contribution in [1.82, 2.24) is 10.2 Å². The molecule has 0 aliphatic heterocycles. The molecule has 14 heavy (non-hydrogen) atoms. The van der Waals surface area contributed by atoms with Gasteiger partial charge in [-0.2, -0.15) is 0 Å². The smallest absolute Gasteiger partial charge is 0.0223 e. The second-order valence-corrected chi connectivity index (χ2v) is 3.63. The lowest BCUT2D eigenvalue weighted by Crippen LogP contribution is -2.42. The summed E-state index contributed by atoms with van der Waals surface area (Å²) in [5.41, 5.74) is 0. The fraction of sp³-hybridized carbons (Fsp3) is 0.833. The van der Waals surface area contributed by atoms with E-state index >= 15 is 0 Å². The lowest BCUT2D eigenvalue weighted by Gasteiger charge is -2.29. The molecule has 1 unspecified atom stereocenters. The highest BCUT2D eigenvalue weighted by Gasteiger charge is 2.13. The van der Waals surface area contributed by atoms with Crippen LogP contribution in [0.4, 0.5) is 0 Å². The molecule has 0 bridgehead atoms. The van der Waals surface area contributed by atoms with Crippen LogP contribution in [0.5, 0.6) is 0 Å². The van der Waals surface area contributed by atoms with Gasteiger partial charge < -0.3 is 5.32 Å². The van der Waals surface area contributed by atoms with Gasteiger partial charge in [0, 0.05) is 19.1 Å². The van der Waals surface area contributed by atoms with Gasteiger partial charge in [0.1, 0.15) is 0 Å². The third kappa shape index (κ3) is 5.40. The van der Waals surface area contributed by atoms with Gasteiger partial charge >= 0.3 is 0 Å². The quantitative estimate of drug-likeness (QED) is 0.572. The number of nitrogens with zero attached hydrogens (tertiary/aromatic N) is 1. The molecule has 0 fully saturated rings. The van der Waals surface area contributed by atoms with Gasteiger partial charge in [0.25, 0.3) is 0 Å². The predicted molar refractivity (Wildman–Crippen MR) is 64.7 cm³/mol. The van der Waals surface area contributed by atoms with Crippen LogP contribution in [0, 0.1) is 0 Å². The SMILES string of the molecule is C=CCN(CC)C(CCC)CNCC. The summed E-state index contributed by atoms with van der Waals surface area (Å²) >= 11 is 0. The number of rotatable bonds is 9. The van der Waals surface area contributed by atoms with Gasteiger partial charge in [0.05, 0.1) is 0 Å². The molecule has 0 aliphatic rings. The molecular weight excluding hydrogens is 172 g/mol. The summed E-state index contributed by atoms with van der Waals surface area (Å²) in [6, 6.07) is 0.669. The van der Waals surface area contributed by atoms with E-state index in [-0.39, 0.29) is 0 Å². The molecule has 1 atom stereocenters. The van der Waals surface area contributed by atoms with E-state index in [1.165, 1.54) is 12.8 Å². The van der Waals surface area contributed by atoms with E-state index in [0.717, 1.165) is 26.2 Å². The zero-order valence-corrected chi connectivity index (χ0v) is 10.1. The Balaban J connectivity index is 4.03. The Labute approximate surface area is 89.4 Å². The van der Waals surface area contributed by atoms with Crippen LogP contribution in [0.2, 0.25) is 0 Å². The first-order chi connectivity index (χ1) is 6.79. The molecule has 0 aliphatic carbocycles. The zero-order valence-electron chi connectivity index (χ0n) is 10.1. The third-order valence-corrected chi connectivity index (χ3v) is 2.54. The van der Waals surface area contributed by atoms with E-state index in [4.69, 9.17) is 0 Å². The van der Waals surface area contributed by atoms with E-state index in [1.807, 2.05) is 6.08 Å². The van der Waals surface area contributed by atoms with Crippen LogP contribution in [0.15, 0.2) is 12.7 Å². The van der Waals surface area contributed by atoms with Crippen LogP contribution in [-0.4, -0.2) is 37.1 Å². The summed E-state index contributed by atoms with van der Waals surface area (Å²) in [4.78, 5) is 2.49. The molecule has 0 amide bonds. The van der Waals surface area contributed by atoms with Crippen molar-refractivity contribution in [3.63, 3.8) is 0 Å². The van der Waals surface area contributed by atoms with E-state index in [0.29, 0.717) is 6.04 Å². The molecule has 0 heterocycles. The van der Waals surface area contributed by atoms with Crippen molar-refractivity contribution in [3.8, 4) is 0 Å². The predicted octanol–water partition coefficient (Wildman–Crippen LogP) is 2.27. The highest BCUT2D eigenvalue weighted by atomic mass is 15.2. The van der Waals surface area contributed by atoms with Crippen LogP contribution in [0.25, 0.3) is 0 Å². The van der Waals surface area contributed by atoms with Crippen LogP contribution < -0.4 is 5.32 Å². The van der Waals surface area contributed by atoms with Crippen molar-refractivity contribution in [2.45, 2.75) is 39.7 Å². The van der Waals surface area contributed by atoms with Crippen LogP contribution in [-0.2, 0) is 0 Å². The van der Waals surface area contributed by atoms with Gasteiger partial charge in [-0.15, -0.1) is 6.58 Å². The molecular formula is C12H26N2. The monoisotopic (exact) mass is 198 g/mol. The summed E-state index contributed by atoms with van der Waals surface area (Å²) in [6.45, 7) is 14.7. The minimum atomic E-state index is 0.669. The number of likely N-dealkylation sites (N-methyl/N-ethyl adjacent to an activating group) is 2. The second-order valence-electron chi connectivity index (χ2n) is 3.63. The molecule has 0 aromatic heterocycles. The Morgan fingerprint density at radius 1 is 1.36 bits per heavy atom. The molecule has 1 N–H and O–H groups in total. The van der Waals surface area contributed by atoms with Crippen LogP contribution >= 0.6 is 0 Å². The van der Waals surface area contributed by atoms with E-state index in [1.54, 1.807) is 0 Å². The summed E-state index contributed by atoms with van der Waals surface area (Å²) in [5, 5.41) is 3.43. The maximum absolute atomic E-state index is 3.81. The van der Waals surface area contributed by atoms with Crippen molar-refractivity contribution in [2.75, 3.05) is 26.2 Å². The Kier molecular flexibility index (Phi) is 9.00. The van der Waals surface area contributed by atoms with Crippen molar-refractivity contribution < 1.29 is 0 Å². The van der Waals surface area contributed by atoms with E-state index in [2.05, 4.69) is 37.6 Å². The molecule has 0 rings (SSSR count). The van der Waals surface area contributed by atoms with Crippen LogP contribution in [0.3, 0.4) is 0 Å². The summed E-state index contributed by atoms with van der Waals surface area (Å²) < 4.78 is 0. The molecule has 0 radical (unpaired) electrons. The lowest BCUT2D eigenvalue weighted by atomic mass is 10.1. The second kappa shape index (κ2) is 9.22. The van der Waals surface area contributed by atoms with Crippen molar-refractivity contribution in [1.29, 1.82) is 0 Å². The fourth-order valence-electron chi connectivity index (χ4n) is 1.76. The van der Waals surface area contributed by atoms with Gasteiger partial charge in [-0.25, -0.2) is 0 Å². The molecule has 0 aromatic rings. The van der Waals surface area contributed by atoms with Gasteiger partial charge in [0.2, 0.25) is 0 Å². The number of hydrogen-bond donors (Lipinski definition) is 1. The molecule has 0 aromatic carbocycles. The Morgan fingerprint density at radius 2 is 2.07 bits per heavy atom. The first kappa shape index (κ1) is 13.7. The van der Waals surface area contributed by atoms with Gasteiger partial charge in [0.15, 0.2) is 0 Å². The van der Waals surface area contributed by atoms with Crippen molar-refractivity contribution in [3.05, 3.63) is 12.7 Å². The topological polar surface area (TPSA) is 15.3 Å². The molecule has 0 saturated heterocycles. The number of nitrogens with one attached hydrogen (secondary N) is 1. The fourth-order valence-corrected chi connectivity index (χ4v) is 1.76. The standard InChI is InChI=1S/C12H26N2/c1-5-9-12(11-13-7-3)14(8-4)10-6-2/h6,12-13H,2,5,7-11H2,1,3-4H3. The highest BCUT2D eigenvalue weighted by molar-refractivity contribution is 4.79. The summed E-state index contributed by atoms with van der Waals surface area (Å²) in [7, 11) is 0. The Morgan fingerprint density at radius 3 is 2.50 bits per heavy atom. The minimum Gasteiger partial charge on any atom is -0.315 e. The zero-order chi connectivity index (χ0) is 10.8. The number of hydrogen-bond acceptors (Lipinski definition) is 2. The normalized spacial score (nSPS) is 13.1. The largest absolute Gasteiger partial charge is 0.315 e. The average Bonchev–Trinajstić information content (AvgIpc) is 2.21. The van der Waals surface area contributed by atoms with Crippen molar-refractivity contribution in [2.24, 2.45) is 0 Å². The molecule has 0 spiro atoms. The van der Waals surface area contributed by atoms with E-state index < -0.39 is 0 Å². The van der Waals surface area contributed by atoms with Gasteiger partial charge in [-0.1, -0.05) is 33.3 Å². The maximum Gasteiger partial charge on any atom is 0.0223 e. The Hall–Kier alpha value is -0.340. The molecule has 84 valence electrons. The van der Waals surface area contributed by atoms with E-state index in [9.17, 15) is 0 Å². The molecule has 2 nitrogen and oxygen atoms in total. The van der Waals surface area contributed by atoms with Gasteiger partial charge in [-0.05, 0) is 19.5 Å². The molecule has 2 heteroatoms. The highest BCUT2D eigenvalue weighted by Crippen LogP contribution is 2.06. The summed E-state index contributed by atoms with van der Waals surface area (Å²) in [5.74, 6) is 0. The first-order valence-electron chi connectivity index (χ1n) is 5.85. The maximum atomic E-state index is 3.81. The first-order valence-corrected chi connectivity index (χ1v) is 5.85. The Bertz CT molecular complexity index is 134.